The summed E-state index contributed by atoms with van der Waals surface area (Å²) in [7, 11) is 0. The molecule has 0 aliphatic carbocycles. The average Bonchev–Trinajstić information content (AvgIpc) is 2.39. The van der Waals surface area contributed by atoms with Crippen molar-refractivity contribution in [3.8, 4) is 0 Å². The van der Waals surface area contributed by atoms with Gasteiger partial charge in [-0.05, 0) is 47.0 Å². The Bertz CT molecular complexity index is 213. The lowest BCUT2D eigenvalue weighted by atomic mass is 10.0. The van der Waals surface area contributed by atoms with Gasteiger partial charge in [0.2, 0.25) is 0 Å². The van der Waals surface area contributed by atoms with Crippen LogP contribution in [-0.4, -0.2) is 47.6 Å². The van der Waals surface area contributed by atoms with Crippen molar-refractivity contribution in [2.45, 2.75) is 72.5 Å². The zero-order valence-electron chi connectivity index (χ0n) is 12.7. The molecular weight excluding hydrogens is 208 g/mol. The topological polar surface area (TPSA) is 6.48 Å². The van der Waals surface area contributed by atoms with E-state index in [-0.39, 0.29) is 0 Å². The minimum absolute atomic E-state index is 0.677. The Morgan fingerprint density at radius 2 is 1.65 bits per heavy atom. The first-order valence-corrected chi connectivity index (χ1v) is 7.45. The van der Waals surface area contributed by atoms with E-state index in [4.69, 9.17) is 0 Å². The summed E-state index contributed by atoms with van der Waals surface area (Å²) in [6.45, 7) is 17.9. The SMILES string of the molecule is CCCC1CN(C(C)C)CC(C)N(C(C)C)C1. The van der Waals surface area contributed by atoms with Gasteiger partial charge in [-0.25, -0.2) is 0 Å². The highest BCUT2D eigenvalue weighted by atomic mass is 15.3. The zero-order chi connectivity index (χ0) is 13.0. The Kier molecular flexibility index (Phi) is 5.94. The monoisotopic (exact) mass is 240 g/mol. The number of nitrogens with zero attached hydrogens (tertiary/aromatic N) is 2. The van der Waals surface area contributed by atoms with Gasteiger partial charge in [0.15, 0.2) is 0 Å². The normalized spacial score (nSPS) is 28.9. The van der Waals surface area contributed by atoms with Gasteiger partial charge in [0.1, 0.15) is 0 Å². The Hall–Kier alpha value is -0.0800. The molecule has 0 aromatic heterocycles. The Morgan fingerprint density at radius 3 is 2.12 bits per heavy atom. The number of rotatable bonds is 4. The van der Waals surface area contributed by atoms with Crippen LogP contribution in [0.2, 0.25) is 0 Å². The van der Waals surface area contributed by atoms with Gasteiger partial charge in [-0.2, -0.15) is 0 Å². The predicted octanol–water partition coefficient (Wildman–Crippen LogP) is 3.23. The summed E-state index contributed by atoms with van der Waals surface area (Å²) in [5.74, 6) is 0.856. The lowest BCUT2D eigenvalue weighted by molar-refractivity contribution is 0.142. The van der Waals surface area contributed by atoms with Crippen LogP contribution in [0.15, 0.2) is 0 Å². The molecule has 2 atom stereocenters. The molecule has 1 heterocycles. The predicted molar refractivity (Wildman–Crippen MR) is 76.4 cm³/mol. The summed E-state index contributed by atoms with van der Waals surface area (Å²) >= 11 is 0. The molecule has 0 radical (unpaired) electrons. The van der Waals surface area contributed by atoms with E-state index >= 15 is 0 Å². The zero-order valence-corrected chi connectivity index (χ0v) is 12.7. The average molecular weight is 240 g/mol. The van der Waals surface area contributed by atoms with Gasteiger partial charge in [0.05, 0.1) is 0 Å². The Labute approximate surface area is 108 Å². The molecule has 2 heteroatoms. The third kappa shape index (κ3) is 4.26. The molecule has 1 rings (SSSR count). The quantitative estimate of drug-likeness (QED) is 0.744. The van der Waals surface area contributed by atoms with Crippen LogP contribution in [0.3, 0.4) is 0 Å². The molecule has 1 saturated heterocycles. The Balaban J connectivity index is 2.74. The van der Waals surface area contributed by atoms with Crippen molar-refractivity contribution in [3.63, 3.8) is 0 Å². The molecule has 102 valence electrons. The summed E-state index contributed by atoms with van der Waals surface area (Å²) in [6, 6.07) is 2.06. The molecule has 0 aromatic carbocycles. The maximum Gasteiger partial charge on any atom is 0.0197 e. The van der Waals surface area contributed by atoms with Crippen LogP contribution in [0.4, 0.5) is 0 Å². The molecule has 0 spiro atoms. The summed E-state index contributed by atoms with van der Waals surface area (Å²) in [5, 5.41) is 0. The van der Waals surface area contributed by atoms with Crippen LogP contribution in [0.1, 0.15) is 54.4 Å². The van der Waals surface area contributed by atoms with Crippen LogP contribution >= 0.6 is 0 Å². The molecule has 1 aliphatic rings. The van der Waals surface area contributed by atoms with Crippen molar-refractivity contribution in [3.05, 3.63) is 0 Å². The van der Waals surface area contributed by atoms with Crippen LogP contribution in [-0.2, 0) is 0 Å². The van der Waals surface area contributed by atoms with Crippen molar-refractivity contribution in [1.29, 1.82) is 0 Å². The first-order valence-electron chi connectivity index (χ1n) is 7.45. The van der Waals surface area contributed by atoms with Crippen molar-refractivity contribution in [2.24, 2.45) is 5.92 Å². The molecule has 0 aromatic rings. The largest absolute Gasteiger partial charge is 0.299 e. The van der Waals surface area contributed by atoms with Gasteiger partial charge in [0, 0.05) is 37.8 Å². The molecule has 0 amide bonds. The van der Waals surface area contributed by atoms with Gasteiger partial charge < -0.3 is 0 Å². The minimum atomic E-state index is 0.677. The molecule has 2 unspecified atom stereocenters. The number of hydrogen-bond acceptors (Lipinski definition) is 2. The molecule has 1 aliphatic heterocycles. The maximum absolute atomic E-state index is 2.70. The molecule has 17 heavy (non-hydrogen) atoms. The highest BCUT2D eigenvalue weighted by Crippen LogP contribution is 2.21. The second-order valence-electron chi connectivity index (χ2n) is 6.34. The van der Waals surface area contributed by atoms with Crippen molar-refractivity contribution in [1.82, 2.24) is 9.80 Å². The van der Waals surface area contributed by atoms with Crippen molar-refractivity contribution >= 4 is 0 Å². The second kappa shape index (κ2) is 6.75. The van der Waals surface area contributed by atoms with Gasteiger partial charge in [-0.3, -0.25) is 9.80 Å². The molecule has 0 bridgehead atoms. The third-order valence-corrected chi connectivity index (χ3v) is 4.12. The first-order chi connectivity index (χ1) is 7.95. The molecule has 0 N–H and O–H groups in total. The summed E-state index contributed by atoms with van der Waals surface area (Å²) in [4.78, 5) is 5.37. The first kappa shape index (κ1) is 15.0. The minimum Gasteiger partial charge on any atom is -0.299 e. The van der Waals surface area contributed by atoms with Crippen LogP contribution in [0.5, 0.6) is 0 Å². The molecule has 1 fully saturated rings. The lowest BCUT2D eigenvalue weighted by Crippen LogP contribution is -2.44. The standard InChI is InChI=1S/C15H32N2/c1-7-8-15-10-16(12(2)3)9-14(6)17(11-15)13(4)5/h12-15H,7-11H2,1-6H3. The van der Waals surface area contributed by atoms with E-state index in [2.05, 4.69) is 51.3 Å². The van der Waals surface area contributed by atoms with Crippen LogP contribution in [0.25, 0.3) is 0 Å². The van der Waals surface area contributed by atoms with Crippen LogP contribution < -0.4 is 0 Å². The van der Waals surface area contributed by atoms with Gasteiger partial charge >= 0.3 is 0 Å². The highest BCUT2D eigenvalue weighted by Gasteiger charge is 2.29. The summed E-state index contributed by atoms with van der Waals surface area (Å²) in [5.41, 5.74) is 0. The second-order valence-corrected chi connectivity index (χ2v) is 6.34. The van der Waals surface area contributed by atoms with Gasteiger partial charge in [-0.15, -0.1) is 0 Å². The van der Waals surface area contributed by atoms with E-state index < -0.39 is 0 Å². The fourth-order valence-corrected chi connectivity index (χ4v) is 3.12. The van der Waals surface area contributed by atoms with Gasteiger partial charge in [0.25, 0.3) is 0 Å². The van der Waals surface area contributed by atoms with Crippen molar-refractivity contribution < 1.29 is 0 Å². The van der Waals surface area contributed by atoms with E-state index in [1.807, 2.05) is 0 Å². The van der Waals surface area contributed by atoms with Crippen molar-refractivity contribution in [2.75, 3.05) is 19.6 Å². The summed E-state index contributed by atoms with van der Waals surface area (Å²) in [6.07, 6.45) is 2.69. The van der Waals surface area contributed by atoms with E-state index in [0.717, 1.165) is 5.92 Å². The van der Waals surface area contributed by atoms with E-state index in [9.17, 15) is 0 Å². The highest BCUT2D eigenvalue weighted by molar-refractivity contribution is 4.84. The fraction of sp³-hybridized carbons (Fsp3) is 1.00. The molecular formula is C15H32N2. The van der Waals surface area contributed by atoms with Gasteiger partial charge in [-0.1, -0.05) is 13.3 Å². The Morgan fingerprint density at radius 1 is 1.00 bits per heavy atom. The lowest BCUT2D eigenvalue weighted by Gasteiger charge is -2.33. The van der Waals surface area contributed by atoms with E-state index in [0.29, 0.717) is 18.1 Å². The van der Waals surface area contributed by atoms with E-state index in [1.165, 1.54) is 32.5 Å². The molecule has 2 nitrogen and oxygen atoms in total. The smallest absolute Gasteiger partial charge is 0.0197 e. The molecule has 0 saturated carbocycles. The fourth-order valence-electron chi connectivity index (χ4n) is 3.12. The number of hydrogen-bond donors (Lipinski definition) is 0. The summed E-state index contributed by atoms with van der Waals surface area (Å²) < 4.78 is 0. The van der Waals surface area contributed by atoms with Crippen LogP contribution in [0, 0.1) is 5.92 Å². The third-order valence-electron chi connectivity index (χ3n) is 4.12. The maximum atomic E-state index is 2.70. The van der Waals surface area contributed by atoms with E-state index in [1.54, 1.807) is 0 Å².